The van der Waals surface area contributed by atoms with Crippen molar-refractivity contribution in [2.24, 2.45) is 5.10 Å². The van der Waals surface area contributed by atoms with Crippen LogP contribution < -0.4 is 10.3 Å². The molecule has 1 aliphatic rings. The van der Waals surface area contributed by atoms with Gasteiger partial charge in [0.2, 0.25) is 0 Å². The molecule has 0 aromatic heterocycles. The van der Waals surface area contributed by atoms with Gasteiger partial charge in [-0.25, -0.2) is 5.43 Å². The molecular weight excluding hydrogens is 282 g/mol. The lowest BCUT2D eigenvalue weighted by Crippen LogP contribution is -3.14. The summed E-state index contributed by atoms with van der Waals surface area (Å²) in [5.41, 5.74) is 3.47. The summed E-state index contributed by atoms with van der Waals surface area (Å²) >= 11 is 7.73. The number of thioether (sulfide) groups is 1. The van der Waals surface area contributed by atoms with Crippen molar-refractivity contribution in [3.05, 3.63) is 34.9 Å². The predicted molar refractivity (Wildman–Crippen MR) is 80.1 cm³/mol. The van der Waals surface area contributed by atoms with E-state index in [1.165, 1.54) is 4.90 Å². The number of hydrogen-bond donors (Lipinski definition) is 2. The van der Waals surface area contributed by atoms with E-state index in [1.807, 2.05) is 23.9 Å². The molecule has 1 heterocycles. The molecule has 102 valence electrons. The average molecular weight is 299 g/mol. The Kier molecular flexibility index (Phi) is 5.69. The second kappa shape index (κ2) is 7.53. The number of amides is 1. The van der Waals surface area contributed by atoms with Gasteiger partial charge in [-0.05, 0) is 17.7 Å². The van der Waals surface area contributed by atoms with Crippen molar-refractivity contribution in [2.45, 2.75) is 0 Å². The quantitative estimate of drug-likeness (QED) is 0.625. The number of benzene rings is 1. The second-order valence-corrected chi connectivity index (χ2v) is 6.05. The monoisotopic (exact) mass is 298 g/mol. The summed E-state index contributed by atoms with van der Waals surface area (Å²) in [6, 6.07) is 7.29. The molecule has 1 fully saturated rings. The van der Waals surface area contributed by atoms with Gasteiger partial charge in [0.1, 0.15) is 0 Å². The van der Waals surface area contributed by atoms with Gasteiger partial charge in [0.25, 0.3) is 5.91 Å². The molecule has 0 atom stereocenters. The van der Waals surface area contributed by atoms with Crippen molar-refractivity contribution in [1.82, 2.24) is 5.43 Å². The van der Waals surface area contributed by atoms with Crippen LogP contribution in [-0.4, -0.2) is 43.3 Å². The standard InChI is InChI=1S/C13H16ClN3OS/c14-12-3-1-11(2-4-12)9-15-16-13(18)10-17-5-7-19-8-6-17/h1-4,9H,5-8,10H2,(H,16,18)/p+1. The summed E-state index contributed by atoms with van der Waals surface area (Å²) in [6.45, 7) is 2.61. The zero-order valence-electron chi connectivity index (χ0n) is 10.6. The van der Waals surface area contributed by atoms with Crippen molar-refractivity contribution >= 4 is 35.5 Å². The van der Waals surface area contributed by atoms with Crippen LogP contribution >= 0.6 is 23.4 Å². The van der Waals surface area contributed by atoms with Gasteiger partial charge in [0, 0.05) is 16.5 Å². The first kappa shape index (κ1) is 14.4. The number of nitrogens with one attached hydrogen (secondary N) is 2. The van der Waals surface area contributed by atoms with Gasteiger partial charge in [-0.2, -0.15) is 16.9 Å². The molecule has 4 nitrogen and oxygen atoms in total. The third-order valence-electron chi connectivity index (χ3n) is 2.88. The van der Waals surface area contributed by atoms with Crippen LogP contribution in [0.5, 0.6) is 0 Å². The smallest absolute Gasteiger partial charge is 0.295 e. The molecule has 0 aliphatic carbocycles. The molecule has 6 heteroatoms. The van der Waals surface area contributed by atoms with Crippen molar-refractivity contribution in [2.75, 3.05) is 31.1 Å². The fraction of sp³-hybridized carbons (Fsp3) is 0.385. The first-order valence-corrected chi connectivity index (χ1v) is 7.76. The largest absolute Gasteiger partial charge is 0.326 e. The summed E-state index contributed by atoms with van der Waals surface area (Å²) in [7, 11) is 0. The molecule has 0 bridgehead atoms. The van der Waals surface area contributed by atoms with Gasteiger partial charge in [0.05, 0.1) is 19.3 Å². The second-order valence-electron chi connectivity index (χ2n) is 4.38. The van der Waals surface area contributed by atoms with Gasteiger partial charge in [-0.3, -0.25) is 4.79 Å². The molecule has 2 N–H and O–H groups in total. The molecular formula is C13H17ClN3OS+. The molecule has 0 unspecified atom stereocenters. The SMILES string of the molecule is O=C(C[NH+]1CCSCC1)NN=Cc1ccc(Cl)cc1. The molecule has 0 saturated carbocycles. The van der Waals surface area contributed by atoms with Crippen LogP contribution in [-0.2, 0) is 4.79 Å². The van der Waals surface area contributed by atoms with E-state index < -0.39 is 0 Å². The molecule has 1 aromatic carbocycles. The highest BCUT2D eigenvalue weighted by Crippen LogP contribution is 2.07. The lowest BCUT2D eigenvalue weighted by Gasteiger charge is -2.21. The van der Waals surface area contributed by atoms with Crippen LogP contribution in [0, 0.1) is 0 Å². The minimum atomic E-state index is -0.0351. The third kappa shape index (κ3) is 5.22. The molecule has 1 aliphatic heterocycles. The average Bonchev–Trinajstić information content (AvgIpc) is 2.42. The maximum absolute atomic E-state index is 11.7. The van der Waals surface area contributed by atoms with Crippen molar-refractivity contribution < 1.29 is 9.69 Å². The van der Waals surface area contributed by atoms with Crippen LogP contribution in [0.4, 0.5) is 0 Å². The Balaban J connectivity index is 1.74. The molecule has 0 spiro atoms. The van der Waals surface area contributed by atoms with Gasteiger partial charge in [-0.1, -0.05) is 23.7 Å². The number of hydrazone groups is 1. The lowest BCUT2D eigenvalue weighted by molar-refractivity contribution is -0.888. The van der Waals surface area contributed by atoms with Crippen LogP contribution in [0.2, 0.25) is 5.02 Å². The van der Waals surface area contributed by atoms with E-state index in [0.29, 0.717) is 11.6 Å². The number of carbonyl (C=O) groups excluding carboxylic acids is 1. The van der Waals surface area contributed by atoms with Gasteiger partial charge in [-0.15, -0.1) is 0 Å². The van der Waals surface area contributed by atoms with Crippen molar-refractivity contribution in [3.63, 3.8) is 0 Å². The predicted octanol–water partition coefficient (Wildman–Crippen LogP) is 0.422. The molecule has 19 heavy (non-hydrogen) atoms. The molecule has 1 amide bonds. The minimum absolute atomic E-state index is 0.0351. The number of hydrogen-bond acceptors (Lipinski definition) is 3. The Morgan fingerprint density at radius 3 is 2.74 bits per heavy atom. The van der Waals surface area contributed by atoms with E-state index in [0.717, 1.165) is 30.2 Å². The van der Waals surface area contributed by atoms with E-state index in [9.17, 15) is 4.79 Å². The Morgan fingerprint density at radius 1 is 1.37 bits per heavy atom. The Labute approximate surface area is 122 Å². The maximum atomic E-state index is 11.7. The topological polar surface area (TPSA) is 45.9 Å². The number of rotatable bonds is 4. The van der Waals surface area contributed by atoms with Gasteiger partial charge >= 0.3 is 0 Å². The Bertz CT molecular complexity index is 444. The van der Waals surface area contributed by atoms with Crippen molar-refractivity contribution in [3.8, 4) is 0 Å². The first-order chi connectivity index (χ1) is 9.24. The lowest BCUT2D eigenvalue weighted by atomic mass is 10.2. The van der Waals surface area contributed by atoms with Crippen molar-refractivity contribution in [1.29, 1.82) is 0 Å². The molecule has 2 rings (SSSR count). The minimum Gasteiger partial charge on any atom is -0.326 e. The Morgan fingerprint density at radius 2 is 2.05 bits per heavy atom. The maximum Gasteiger partial charge on any atom is 0.295 e. The van der Waals surface area contributed by atoms with Crippen LogP contribution in [0.3, 0.4) is 0 Å². The van der Waals surface area contributed by atoms with Gasteiger partial charge < -0.3 is 4.90 Å². The highest BCUT2D eigenvalue weighted by atomic mass is 35.5. The zero-order chi connectivity index (χ0) is 13.5. The van der Waals surface area contributed by atoms with E-state index >= 15 is 0 Å². The van der Waals surface area contributed by atoms with Crippen LogP contribution in [0.15, 0.2) is 29.4 Å². The summed E-state index contributed by atoms with van der Waals surface area (Å²) in [4.78, 5) is 13.0. The fourth-order valence-corrected chi connectivity index (χ4v) is 3.03. The molecule has 1 aromatic rings. The number of halogens is 1. The van der Waals surface area contributed by atoms with Gasteiger partial charge in [0.15, 0.2) is 6.54 Å². The third-order valence-corrected chi connectivity index (χ3v) is 4.12. The summed E-state index contributed by atoms with van der Waals surface area (Å²) in [5.74, 6) is 2.24. The number of nitrogens with zero attached hydrogens (tertiary/aromatic N) is 1. The van der Waals surface area contributed by atoms with E-state index in [2.05, 4.69) is 10.5 Å². The summed E-state index contributed by atoms with van der Waals surface area (Å²) in [5, 5.41) is 4.64. The zero-order valence-corrected chi connectivity index (χ0v) is 12.1. The van der Waals surface area contributed by atoms with E-state index in [4.69, 9.17) is 11.6 Å². The molecule has 1 saturated heterocycles. The van der Waals surface area contributed by atoms with Crippen LogP contribution in [0.25, 0.3) is 0 Å². The van der Waals surface area contributed by atoms with Crippen LogP contribution in [0.1, 0.15) is 5.56 Å². The normalized spacial score (nSPS) is 16.7. The number of quaternary nitrogens is 1. The highest BCUT2D eigenvalue weighted by molar-refractivity contribution is 7.99. The highest BCUT2D eigenvalue weighted by Gasteiger charge is 2.16. The molecule has 0 radical (unpaired) electrons. The summed E-state index contributed by atoms with van der Waals surface area (Å²) < 4.78 is 0. The summed E-state index contributed by atoms with van der Waals surface area (Å²) in [6.07, 6.45) is 1.62. The Hall–Kier alpha value is -1.04. The van der Waals surface area contributed by atoms with E-state index in [1.54, 1.807) is 18.3 Å². The number of carbonyl (C=O) groups is 1. The fourth-order valence-electron chi connectivity index (χ4n) is 1.83. The first-order valence-electron chi connectivity index (χ1n) is 6.23. The van der Waals surface area contributed by atoms with E-state index in [-0.39, 0.29) is 5.91 Å².